The number of rotatable bonds is 9. The molecule has 1 aromatic heterocycles. The maximum atomic E-state index is 13.6. The van der Waals surface area contributed by atoms with E-state index in [0.29, 0.717) is 73.2 Å². The van der Waals surface area contributed by atoms with Crippen LogP contribution < -0.4 is 25.2 Å². The predicted octanol–water partition coefficient (Wildman–Crippen LogP) is 4.86. The van der Waals surface area contributed by atoms with Crippen molar-refractivity contribution < 1.29 is 29.0 Å². The number of methoxy groups -OCH3 is 1. The third-order valence-corrected chi connectivity index (χ3v) is 9.90. The van der Waals surface area contributed by atoms with Gasteiger partial charge in [0.05, 0.1) is 19.0 Å². The van der Waals surface area contributed by atoms with Crippen molar-refractivity contribution in [1.82, 2.24) is 20.2 Å². The number of nitrogens with zero attached hydrogens (tertiary/aromatic N) is 5. The van der Waals surface area contributed by atoms with Crippen molar-refractivity contribution in [2.75, 3.05) is 49.0 Å². The van der Waals surface area contributed by atoms with Crippen LogP contribution >= 0.6 is 0 Å². The van der Waals surface area contributed by atoms with Gasteiger partial charge in [0.2, 0.25) is 11.9 Å². The largest absolute Gasteiger partial charge is 0.495 e. The van der Waals surface area contributed by atoms with Gasteiger partial charge in [-0.1, -0.05) is 6.92 Å². The van der Waals surface area contributed by atoms with E-state index in [2.05, 4.69) is 15.6 Å². The van der Waals surface area contributed by atoms with Gasteiger partial charge in [-0.05, 0) is 91.3 Å². The van der Waals surface area contributed by atoms with Gasteiger partial charge in [-0.3, -0.25) is 9.59 Å². The first kappa shape index (κ1) is 35.2. The van der Waals surface area contributed by atoms with Crippen molar-refractivity contribution in [2.45, 2.75) is 103 Å². The number of nitrogens with one attached hydrogen (secondary N) is 2. The summed E-state index contributed by atoms with van der Waals surface area (Å²) in [5, 5.41) is 16.4. The average Bonchev–Trinajstić information content (AvgIpc) is 3.01. The quantitative estimate of drug-likeness (QED) is 0.339. The van der Waals surface area contributed by atoms with E-state index in [-0.39, 0.29) is 42.0 Å². The van der Waals surface area contributed by atoms with Crippen LogP contribution in [0.1, 0.15) is 90.4 Å². The van der Waals surface area contributed by atoms with Gasteiger partial charge in [0, 0.05) is 49.3 Å². The van der Waals surface area contributed by atoms with E-state index in [0.717, 1.165) is 12.8 Å². The summed E-state index contributed by atoms with van der Waals surface area (Å²) in [6, 6.07) is 4.89. The molecule has 2 aliphatic heterocycles. The summed E-state index contributed by atoms with van der Waals surface area (Å²) in [4.78, 5) is 53.8. The zero-order valence-electron chi connectivity index (χ0n) is 29.6. The zero-order valence-corrected chi connectivity index (χ0v) is 29.6. The first-order valence-corrected chi connectivity index (χ1v) is 16.9. The fourth-order valence-electron chi connectivity index (χ4n) is 7.25. The molecule has 2 aromatic rings. The van der Waals surface area contributed by atoms with Crippen LogP contribution in [0.5, 0.6) is 5.75 Å². The Morgan fingerprint density at radius 3 is 2.42 bits per heavy atom. The molecule has 13 heteroatoms. The third-order valence-electron chi connectivity index (χ3n) is 9.90. The fraction of sp³-hybridized carbons (Fsp3) is 0.629. The second-order valence-corrected chi connectivity index (χ2v) is 14.8. The topological polar surface area (TPSA) is 149 Å². The van der Waals surface area contributed by atoms with E-state index >= 15 is 0 Å². The lowest BCUT2D eigenvalue weighted by molar-refractivity contribution is -0.120. The Bertz CT molecular complexity index is 1520. The summed E-state index contributed by atoms with van der Waals surface area (Å²) in [5.41, 5.74) is 0.597. The second-order valence-electron chi connectivity index (χ2n) is 14.8. The zero-order chi connectivity index (χ0) is 35.0. The highest BCUT2D eigenvalue weighted by Crippen LogP contribution is 2.48. The number of aromatic nitrogens is 2. The third kappa shape index (κ3) is 7.01. The Balaban J connectivity index is 1.27. The van der Waals surface area contributed by atoms with Crippen LogP contribution in [0.15, 0.2) is 24.4 Å². The Labute approximate surface area is 283 Å². The number of carbonyl (C=O) groups excluding carboxylic acids is 3. The minimum Gasteiger partial charge on any atom is -0.495 e. The molecule has 3 amide bonds. The molecular formula is C35H51N7O6. The molecule has 262 valence electrons. The van der Waals surface area contributed by atoms with Gasteiger partial charge in [-0.15, -0.1) is 0 Å². The van der Waals surface area contributed by atoms with Crippen molar-refractivity contribution in [1.29, 1.82) is 0 Å². The Kier molecular flexibility index (Phi) is 9.83. The number of ether oxygens (including phenoxy) is 2. The molecule has 1 aromatic carbocycles. The van der Waals surface area contributed by atoms with Crippen LogP contribution in [0.2, 0.25) is 0 Å². The maximum absolute atomic E-state index is 13.6. The first-order chi connectivity index (χ1) is 22.6. The summed E-state index contributed by atoms with van der Waals surface area (Å²) in [6.45, 7) is 12.9. The van der Waals surface area contributed by atoms with Crippen LogP contribution in [-0.2, 0) is 9.53 Å². The number of hydrogen-bond acceptors (Lipinski definition) is 10. The normalized spacial score (nSPS) is 19.9. The molecule has 48 heavy (non-hydrogen) atoms. The number of aliphatic hydroxyl groups excluding tert-OH is 1. The number of hydrogen-bond donors (Lipinski definition) is 3. The number of aliphatic hydroxyl groups is 1. The monoisotopic (exact) mass is 665 g/mol. The van der Waals surface area contributed by atoms with E-state index in [9.17, 15) is 19.5 Å². The van der Waals surface area contributed by atoms with E-state index in [1.54, 1.807) is 41.2 Å². The summed E-state index contributed by atoms with van der Waals surface area (Å²) in [5.74, 6) is 1.23. The van der Waals surface area contributed by atoms with Gasteiger partial charge in [-0.2, -0.15) is 4.98 Å². The number of fused-ring (bicyclic) bond motifs is 1. The fourth-order valence-corrected chi connectivity index (χ4v) is 7.25. The highest BCUT2D eigenvalue weighted by molar-refractivity contribution is 6.04. The molecule has 0 unspecified atom stereocenters. The maximum Gasteiger partial charge on any atom is 0.410 e. The van der Waals surface area contributed by atoms with Crippen LogP contribution in [0.25, 0.3) is 0 Å². The Hall–Kier alpha value is -4.13. The lowest BCUT2D eigenvalue weighted by Gasteiger charge is -2.55. The van der Waals surface area contributed by atoms with Crippen LogP contribution in [0.3, 0.4) is 0 Å². The minimum atomic E-state index is -0.544. The van der Waals surface area contributed by atoms with Crippen molar-refractivity contribution in [2.24, 2.45) is 5.41 Å². The molecule has 1 saturated carbocycles. The summed E-state index contributed by atoms with van der Waals surface area (Å²) in [6.07, 6.45) is 5.56. The number of likely N-dealkylation sites (N-methyl/N-ethyl adjacent to an activating group) is 1. The van der Waals surface area contributed by atoms with Gasteiger partial charge in [0.25, 0.3) is 5.91 Å². The molecule has 1 atom stereocenters. The minimum absolute atomic E-state index is 0.0138. The lowest BCUT2D eigenvalue weighted by Crippen LogP contribution is -2.63. The highest BCUT2D eigenvalue weighted by Gasteiger charge is 2.51. The summed E-state index contributed by atoms with van der Waals surface area (Å²) >= 11 is 0. The number of anilines is 4. The summed E-state index contributed by atoms with van der Waals surface area (Å²) < 4.78 is 11.2. The molecule has 1 spiro atoms. The molecular weight excluding hydrogens is 614 g/mol. The molecule has 2 fully saturated rings. The number of likely N-dealkylation sites (tertiary alicyclic amines) is 1. The number of carbonyl (C=O) groups is 3. The molecule has 1 saturated heterocycles. The van der Waals surface area contributed by atoms with Crippen LogP contribution in [-0.4, -0.2) is 95.0 Å². The van der Waals surface area contributed by atoms with E-state index in [1.807, 2.05) is 46.4 Å². The lowest BCUT2D eigenvalue weighted by atomic mass is 9.63. The molecule has 0 radical (unpaired) electrons. The second kappa shape index (κ2) is 13.4. The SMILES string of the molecule is CC[C@@H]1C(=O)N(C)c2cnc(Nc3ccc(C(=O)NC4(CCO)CCC5(CC4)CN(C(=O)OC(C)(C)C)C5)cc3OC)nc2N1C(C)C. The van der Waals surface area contributed by atoms with Gasteiger partial charge in [0.15, 0.2) is 5.82 Å². The van der Waals surface area contributed by atoms with Gasteiger partial charge in [-0.25, -0.2) is 9.78 Å². The standard InChI is InChI=1S/C35H51N7O6/c1-9-25-30(45)40(7)26-19-36-31(38-28(26)42(25)22(2)3)37-24-11-10-23(18-27(24)47-8)29(44)39-35(16-17-43)14-12-34(13-15-35)20-41(21-34)32(46)48-33(4,5)6/h10-11,18-19,22,25,43H,9,12-17,20-21H2,1-8H3,(H,39,44)(H,36,37,38)/t25-/m1/s1. The average molecular weight is 666 g/mol. The number of benzene rings is 1. The van der Waals surface area contributed by atoms with Crippen molar-refractivity contribution >= 4 is 41.0 Å². The molecule has 5 rings (SSSR count). The Morgan fingerprint density at radius 1 is 1.15 bits per heavy atom. The molecule has 3 N–H and O–H groups in total. The number of amides is 3. The predicted molar refractivity (Wildman–Crippen MR) is 184 cm³/mol. The molecule has 13 nitrogen and oxygen atoms in total. The smallest absolute Gasteiger partial charge is 0.410 e. The van der Waals surface area contributed by atoms with Crippen molar-refractivity contribution in [3.63, 3.8) is 0 Å². The van der Waals surface area contributed by atoms with Crippen molar-refractivity contribution in [3.05, 3.63) is 30.0 Å². The van der Waals surface area contributed by atoms with E-state index in [4.69, 9.17) is 14.5 Å². The Morgan fingerprint density at radius 2 is 1.83 bits per heavy atom. The summed E-state index contributed by atoms with van der Waals surface area (Å²) in [7, 11) is 3.28. The van der Waals surface area contributed by atoms with Crippen LogP contribution in [0.4, 0.5) is 27.9 Å². The van der Waals surface area contributed by atoms with E-state index < -0.39 is 11.1 Å². The molecule has 0 bridgehead atoms. The van der Waals surface area contributed by atoms with Crippen LogP contribution in [0, 0.1) is 5.41 Å². The molecule has 3 aliphatic rings. The van der Waals surface area contributed by atoms with Crippen molar-refractivity contribution in [3.8, 4) is 5.75 Å². The highest BCUT2D eigenvalue weighted by atomic mass is 16.6. The van der Waals surface area contributed by atoms with Gasteiger partial charge < -0.3 is 39.9 Å². The van der Waals surface area contributed by atoms with Gasteiger partial charge in [0.1, 0.15) is 23.1 Å². The first-order valence-electron chi connectivity index (χ1n) is 16.9. The molecule has 3 heterocycles. The van der Waals surface area contributed by atoms with E-state index in [1.165, 1.54) is 7.11 Å². The molecule has 1 aliphatic carbocycles. The van der Waals surface area contributed by atoms with Gasteiger partial charge >= 0.3 is 6.09 Å².